The number of likely N-dealkylation sites (tertiary alicyclic amines) is 1. The number of pyridine rings is 2. The van der Waals surface area contributed by atoms with Gasteiger partial charge in [-0.25, -0.2) is 9.50 Å². The average Bonchev–Trinajstić information content (AvgIpc) is 3.44. The maximum Gasteiger partial charge on any atom is 0.255 e. The first-order valence-corrected chi connectivity index (χ1v) is 15.3. The molecule has 2 bridgehead atoms. The zero-order chi connectivity index (χ0) is 30.3. The number of primary amides is 1. The van der Waals surface area contributed by atoms with Gasteiger partial charge in [-0.1, -0.05) is 6.07 Å². The number of hydrogen-bond donors (Lipinski definition) is 2. The van der Waals surface area contributed by atoms with Gasteiger partial charge in [0.2, 0.25) is 0 Å². The zero-order valence-electron chi connectivity index (χ0n) is 24.9. The number of amides is 2. The van der Waals surface area contributed by atoms with Crippen molar-refractivity contribution in [3.63, 3.8) is 0 Å². The molecule has 3 aliphatic rings. The van der Waals surface area contributed by atoms with Crippen LogP contribution in [-0.4, -0.2) is 61.6 Å². The summed E-state index contributed by atoms with van der Waals surface area (Å²) in [7, 11) is 1.52. The molecule has 8 rings (SSSR count). The summed E-state index contributed by atoms with van der Waals surface area (Å²) >= 11 is 0. The number of fused-ring (bicyclic) bond motifs is 4. The molecule has 224 valence electrons. The maximum atomic E-state index is 13.5. The van der Waals surface area contributed by atoms with Crippen molar-refractivity contribution in [1.82, 2.24) is 24.1 Å². The second-order valence-electron chi connectivity index (χ2n) is 12.6. The van der Waals surface area contributed by atoms with Crippen LogP contribution in [0.25, 0.3) is 39.2 Å². The Labute approximate surface area is 254 Å². The van der Waals surface area contributed by atoms with Crippen LogP contribution in [0.15, 0.2) is 54.7 Å². The van der Waals surface area contributed by atoms with E-state index < -0.39 is 5.91 Å². The molecule has 0 spiro atoms. The monoisotopic (exact) mass is 589 g/mol. The zero-order valence-corrected chi connectivity index (χ0v) is 24.9. The molecule has 2 saturated carbocycles. The standard InChI is InChI=1S/C34H35N7O3/c1-18-26-11-8-23(34(43)40-16-22-7-12-27(40)30(22)35)17-41(26)38-31(18)28-13-21-6-10-25(37-33(21)39(28)15-19-3-4-19)20-5-9-24(32(36)42)29(14-20)44-2/h5-6,8-11,13-14,17,19,22,27,30H,3-4,7,12,15-16,35H2,1-2H3,(H2,36,42)/t22?,27?,30-/m1/s1. The minimum Gasteiger partial charge on any atom is -0.496 e. The number of nitrogens with two attached hydrogens (primary N) is 2. The molecular weight excluding hydrogens is 554 g/mol. The van der Waals surface area contributed by atoms with Gasteiger partial charge in [0, 0.05) is 47.9 Å². The quantitative estimate of drug-likeness (QED) is 0.289. The summed E-state index contributed by atoms with van der Waals surface area (Å²) < 4.78 is 9.57. The molecule has 1 aromatic carbocycles. The second-order valence-corrected chi connectivity index (χ2v) is 12.6. The molecule has 5 heterocycles. The third-order valence-corrected chi connectivity index (χ3v) is 9.92. The number of aryl methyl sites for hydroxylation is 1. The molecule has 2 amide bonds. The lowest BCUT2D eigenvalue weighted by atomic mass is 10.1. The number of rotatable bonds is 7. The molecule has 4 aromatic heterocycles. The fourth-order valence-corrected chi connectivity index (χ4v) is 7.27. The van der Waals surface area contributed by atoms with E-state index in [-0.39, 0.29) is 18.0 Å². The van der Waals surface area contributed by atoms with Crippen molar-refractivity contribution in [2.75, 3.05) is 13.7 Å². The van der Waals surface area contributed by atoms with Gasteiger partial charge in [-0.3, -0.25) is 9.59 Å². The van der Waals surface area contributed by atoms with Gasteiger partial charge in [-0.15, -0.1) is 0 Å². The van der Waals surface area contributed by atoms with Crippen molar-refractivity contribution in [2.45, 2.75) is 51.2 Å². The van der Waals surface area contributed by atoms with Crippen LogP contribution < -0.4 is 16.2 Å². The predicted molar refractivity (Wildman–Crippen MR) is 167 cm³/mol. The third-order valence-electron chi connectivity index (χ3n) is 9.92. The minimum absolute atomic E-state index is 0.0318. The molecule has 2 unspecified atom stereocenters. The normalized spacial score (nSPS) is 21.1. The highest BCUT2D eigenvalue weighted by Gasteiger charge is 2.46. The number of benzene rings is 1. The number of carbonyl (C=O) groups excluding carboxylic acids is 2. The van der Waals surface area contributed by atoms with E-state index in [9.17, 15) is 9.59 Å². The highest BCUT2D eigenvalue weighted by Crippen LogP contribution is 2.39. The van der Waals surface area contributed by atoms with Gasteiger partial charge in [0.1, 0.15) is 17.1 Å². The van der Waals surface area contributed by atoms with Crippen LogP contribution in [0.1, 0.15) is 52.0 Å². The molecule has 3 atom stereocenters. The average molecular weight is 590 g/mol. The lowest BCUT2D eigenvalue weighted by molar-refractivity contribution is 0.0700. The second kappa shape index (κ2) is 9.92. The van der Waals surface area contributed by atoms with E-state index in [1.165, 1.54) is 20.0 Å². The summed E-state index contributed by atoms with van der Waals surface area (Å²) in [6, 6.07) is 15.7. The molecule has 10 heteroatoms. The first-order valence-electron chi connectivity index (χ1n) is 15.3. The summed E-state index contributed by atoms with van der Waals surface area (Å²) in [5, 5.41) is 6.07. The van der Waals surface area contributed by atoms with Crippen LogP contribution in [0.4, 0.5) is 0 Å². The van der Waals surface area contributed by atoms with Gasteiger partial charge >= 0.3 is 0 Å². The lowest BCUT2D eigenvalue weighted by Crippen LogP contribution is -2.41. The predicted octanol–water partition coefficient (Wildman–Crippen LogP) is 4.41. The van der Waals surface area contributed by atoms with E-state index in [0.29, 0.717) is 28.7 Å². The number of ether oxygens (including phenoxy) is 1. The Kier molecular flexibility index (Phi) is 6.06. The highest BCUT2D eigenvalue weighted by molar-refractivity contribution is 5.97. The molecular formula is C34H35N7O3. The van der Waals surface area contributed by atoms with Crippen molar-refractivity contribution in [2.24, 2.45) is 23.3 Å². The highest BCUT2D eigenvalue weighted by atomic mass is 16.5. The fraction of sp³-hybridized carbons (Fsp3) is 0.353. The van der Waals surface area contributed by atoms with E-state index in [0.717, 1.165) is 70.7 Å². The van der Waals surface area contributed by atoms with Crippen LogP contribution in [0.2, 0.25) is 0 Å². The number of methoxy groups -OCH3 is 1. The SMILES string of the molecule is COc1cc(-c2ccc3cc(-c4nn5cc(C(=O)N6CC7CCC6[C@@H]7N)ccc5c4C)n(CC4CC4)c3n2)ccc1C(N)=O. The summed E-state index contributed by atoms with van der Waals surface area (Å²) in [5.41, 5.74) is 19.3. The molecule has 0 radical (unpaired) electrons. The number of nitrogens with zero attached hydrogens (tertiary/aromatic N) is 5. The van der Waals surface area contributed by atoms with Gasteiger partial charge in [-0.05, 0) is 86.9 Å². The Hall–Kier alpha value is -4.70. The van der Waals surface area contributed by atoms with E-state index in [2.05, 4.69) is 23.6 Å². The summed E-state index contributed by atoms with van der Waals surface area (Å²) in [4.78, 5) is 32.4. The summed E-state index contributed by atoms with van der Waals surface area (Å²) in [6.07, 6.45) is 6.35. The largest absolute Gasteiger partial charge is 0.496 e. The van der Waals surface area contributed by atoms with Gasteiger partial charge in [0.15, 0.2) is 0 Å². The van der Waals surface area contributed by atoms with Crippen LogP contribution in [0.5, 0.6) is 5.75 Å². The molecule has 2 aliphatic carbocycles. The van der Waals surface area contributed by atoms with Crippen LogP contribution >= 0.6 is 0 Å². The number of carbonyl (C=O) groups is 2. The Morgan fingerprint density at radius 3 is 2.59 bits per heavy atom. The molecule has 10 nitrogen and oxygen atoms in total. The first-order chi connectivity index (χ1) is 21.3. The topological polar surface area (TPSA) is 134 Å². The number of piperidine rings is 1. The smallest absolute Gasteiger partial charge is 0.255 e. The Morgan fingerprint density at radius 2 is 1.89 bits per heavy atom. The Bertz CT molecular complexity index is 1990. The maximum absolute atomic E-state index is 13.5. The molecule has 1 saturated heterocycles. The van der Waals surface area contributed by atoms with E-state index in [4.69, 9.17) is 26.3 Å². The minimum atomic E-state index is -0.536. The van der Waals surface area contributed by atoms with E-state index >= 15 is 0 Å². The van der Waals surface area contributed by atoms with Crippen LogP contribution in [-0.2, 0) is 6.54 Å². The van der Waals surface area contributed by atoms with Crippen molar-refractivity contribution < 1.29 is 14.3 Å². The Balaban J connectivity index is 1.19. The number of hydrogen-bond acceptors (Lipinski definition) is 6. The van der Waals surface area contributed by atoms with Gasteiger partial charge in [0.05, 0.1) is 35.1 Å². The van der Waals surface area contributed by atoms with E-state index in [1.54, 1.807) is 12.1 Å². The van der Waals surface area contributed by atoms with Gasteiger partial charge in [-0.2, -0.15) is 5.10 Å². The molecule has 5 aromatic rings. The van der Waals surface area contributed by atoms with Crippen molar-refractivity contribution >= 4 is 28.4 Å². The molecule has 4 N–H and O–H groups in total. The van der Waals surface area contributed by atoms with Gasteiger partial charge in [0.25, 0.3) is 11.8 Å². The lowest BCUT2D eigenvalue weighted by Gasteiger charge is -2.27. The van der Waals surface area contributed by atoms with Crippen LogP contribution in [0, 0.1) is 18.8 Å². The van der Waals surface area contributed by atoms with Crippen molar-refractivity contribution in [3.8, 4) is 28.4 Å². The summed E-state index contributed by atoms with van der Waals surface area (Å²) in [6.45, 7) is 3.68. The molecule has 1 aliphatic heterocycles. The molecule has 3 fully saturated rings. The van der Waals surface area contributed by atoms with Crippen molar-refractivity contribution in [1.29, 1.82) is 0 Å². The molecule has 44 heavy (non-hydrogen) atoms. The number of aromatic nitrogens is 4. The Morgan fingerprint density at radius 1 is 1.05 bits per heavy atom. The third kappa shape index (κ3) is 4.19. The fourth-order valence-electron chi connectivity index (χ4n) is 7.27. The van der Waals surface area contributed by atoms with E-state index in [1.807, 2.05) is 39.9 Å². The van der Waals surface area contributed by atoms with Gasteiger partial charge < -0.3 is 25.7 Å². The van der Waals surface area contributed by atoms with Crippen LogP contribution in [0.3, 0.4) is 0 Å². The van der Waals surface area contributed by atoms with Crippen molar-refractivity contribution in [3.05, 3.63) is 71.4 Å². The first kappa shape index (κ1) is 26.9. The summed E-state index contributed by atoms with van der Waals surface area (Å²) in [5.74, 6) is 0.929.